The third-order valence-corrected chi connectivity index (χ3v) is 5.57. The van der Waals surface area contributed by atoms with Gasteiger partial charge in [0.05, 0.1) is 26.9 Å². The Morgan fingerprint density at radius 3 is 2.28 bits per heavy atom. The molecule has 1 heterocycles. The van der Waals surface area contributed by atoms with Crippen LogP contribution < -0.4 is 15.2 Å². The summed E-state index contributed by atoms with van der Waals surface area (Å²) in [6, 6.07) is 2.21. The quantitative estimate of drug-likeness (QED) is 0.310. The number of rotatable bonds is 10. The van der Waals surface area contributed by atoms with Crippen molar-refractivity contribution in [2.75, 3.05) is 20.8 Å². The first-order valence-corrected chi connectivity index (χ1v) is 10.6. The Balaban J connectivity index is 2.44. The minimum absolute atomic E-state index is 0.0287. The predicted octanol–water partition coefficient (Wildman–Crippen LogP) is 3.10. The number of carbonyl (C=O) groups is 3. The van der Waals surface area contributed by atoms with Crippen molar-refractivity contribution < 1.29 is 33.7 Å². The van der Waals surface area contributed by atoms with Gasteiger partial charge in [-0.05, 0) is 36.6 Å². The van der Waals surface area contributed by atoms with Crippen molar-refractivity contribution in [1.29, 1.82) is 0 Å². The zero-order valence-corrected chi connectivity index (χ0v) is 19.3. The Hall–Kier alpha value is -3.24. The number of aromatic hydroxyl groups is 1. The number of ether oxygens (including phenoxy) is 3. The molecule has 32 heavy (non-hydrogen) atoms. The van der Waals surface area contributed by atoms with Gasteiger partial charge in [0.1, 0.15) is 4.88 Å². The summed E-state index contributed by atoms with van der Waals surface area (Å²) in [5.74, 6) is -1.79. The van der Waals surface area contributed by atoms with E-state index in [-0.39, 0.29) is 45.4 Å². The van der Waals surface area contributed by atoms with Crippen LogP contribution in [-0.2, 0) is 4.74 Å². The van der Waals surface area contributed by atoms with Gasteiger partial charge < -0.3 is 25.1 Å². The molecule has 0 bridgehead atoms. The van der Waals surface area contributed by atoms with E-state index in [9.17, 15) is 19.5 Å². The molecule has 2 rings (SSSR count). The lowest BCUT2D eigenvalue weighted by atomic mass is 10.0. The molecular formula is C22H26N2O7S. The second-order valence-corrected chi connectivity index (χ2v) is 8.02. The lowest BCUT2D eigenvalue weighted by Crippen LogP contribution is -2.35. The Bertz CT molecular complexity index is 1020. The van der Waals surface area contributed by atoms with E-state index < -0.39 is 23.6 Å². The number of carbonyl (C=O) groups excluding carboxylic acids is 3. The summed E-state index contributed by atoms with van der Waals surface area (Å²) in [4.78, 5) is 41.8. The summed E-state index contributed by atoms with van der Waals surface area (Å²) in [5, 5.41) is 9.99. The second kappa shape index (κ2) is 10.9. The van der Waals surface area contributed by atoms with Gasteiger partial charge in [-0.3, -0.25) is 9.59 Å². The van der Waals surface area contributed by atoms with Crippen LogP contribution in [0, 0.1) is 5.92 Å². The topological polar surface area (TPSA) is 138 Å². The Kier molecular flexibility index (Phi) is 8.50. The molecule has 0 saturated heterocycles. The molecule has 0 unspecified atom stereocenters. The monoisotopic (exact) mass is 462 g/mol. The van der Waals surface area contributed by atoms with E-state index in [1.807, 2.05) is 0 Å². The summed E-state index contributed by atoms with van der Waals surface area (Å²) in [7, 11) is 2.77. The highest BCUT2D eigenvalue weighted by atomic mass is 32.1. The maximum atomic E-state index is 12.9. The number of phenolic OH excluding ortho intramolecular Hbond substituents is 1. The Labute approximate surface area is 189 Å². The number of nitrogens with zero attached hydrogens (tertiary/aromatic N) is 1. The van der Waals surface area contributed by atoms with E-state index >= 15 is 0 Å². The van der Waals surface area contributed by atoms with Crippen molar-refractivity contribution in [3.8, 4) is 17.2 Å². The number of allylic oxidation sites excluding steroid dienone is 1. The first-order chi connectivity index (χ1) is 15.1. The standard InChI is InChI=1S/C22H26N2O7S/c1-6-31-22(28)17-20(32-21(24-17)19(27)16(23)11(2)3)13(25)8-7-12-9-14(29-4)18(26)15(10-12)30-5/h7-11,16,26H,6,23H2,1-5H3/b8-7+/t16-/m0/s1. The van der Waals surface area contributed by atoms with Gasteiger partial charge in [0.25, 0.3) is 0 Å². The molecule has 0 fully saturated rings. The summed E-state index contributed by atoms with van der Waals surface area (Å²) in [6.45, 7) is 5.29. The van der Waals surface area contributed by atoms with Crippen LogP contribution in [0.2, 0.25) is 0 Å². The fraction of sp³-hybridized carbons (Fsp3) is 0.364. The van der Waals surface area contributed by atoms with E-state index in [0.29, 0.717) is 5.56 Å². The van der Waals surface area contributed by atoms with E-state index in [4.69, 9.17) is 19.9 Å². The molecule has 9 nitrogen and oxygen atoms in total. The van der Waals surface area contributed by atoms with Gasteiger partial charge in [-0.15, -0.1) is 11.3 Å². The third-order valence-electron chi connectivity index (χ3n) is 4.48. The Morgan fingerprint density at radius 1 is 1.19 bits per heavy atom. The van der Waals surface area contributed by atoms with Crippen molar-refractivity contribution in [1.82, 2.24) is 4.98 Å². The van der Waals surface area contributed by atoms with Gasteiger partial charge in [0.15, 0.2) is 28.0 Å². The van der Waals surface area contributed by atoms with Crippen LogP contribution in [0.3, 0.4) is 0 Å². The highest BCUT2D eigenvalue weighted by molar-refractivity contribution is 7.16. The zero-order chi connectivity index (χ0) is 24.0. The van der Waals surface area contributed by atoms with Crippen molar-refractivity contribution >= 4 is 34.9 Å². The minimum Gasteiger partial charge on any atom is -0.502 e. The van der Waals surface area contributed by atoms with Crippen molar-refractivity contribution in [3.63, 3.8) is 0 Å². The van der Waals surface area contributed by atoms with Gasteiger partial charge in [-0.1, -0.05) is 19.9 Å². The van der Waals surface area contributed by atoms with Gasteiger partial charge in [-0.25, -0.2) is 9.78 Å². The third kappa shape index (κ3) is 5.51. The molecule has 0 radical (unpaired) electrons. The molecular weight excluding hydrogens is 436 g/mol. The number of methoxy groups -OCH3 is 2. The molecule has 0 spiro atoms. The number of phenols is 1. The first kappa shape index (κ1) is 25.0. The molecule has 0 aliphatic rings. The van der Waals surface area contributed by atoms with Gasteiger partial charge in [0, 0.05) is 0 Å². The summed E-state index contributed by atoms with van der Waals surface area (Å²) in [6.07, 6.45) is 2.68. The summed E-state index contributed by atoms with van der Waals surface area (Å²) >= 11 is 0.797. The normalized spacial score (nSPS) is 12.1. The second-order valence-electron chi connectivity index (χ2n) is 7.02. The fourth-order valence-electron chi connectivity index (χ4n) is 2.63. The SMILES string of the molecule is CCOC(=O)c1nc(C(=O)[C@@H](N)C(C)C)sc1C(=O)/C=C/c1cc(OC)c(O)c(OC)c1. The molecule has 0 amide bonds. The highest BCUT2D eigenvalue weighted by Gasteiger charge is 2.29. The minimum atomic E-state index is -0.813. The molecule has 1 aromatic carbocycles. The largest absolute Gasteiger partial charge is 0.502 e. The number of ketones is 2. The molecule has 172 valence electrons. The van der Waals surface area contributed by atoms with E-state index in [1.54, 1.807) is 20.8 Å². The summed E-state index contributed by atoms with van der Waals surface area (Å²) < 4.78 is 15.2. The number of nitrogens with two attached hydrogens (primary N) is 1. The number of benzene rings is 1. The smallest absolute Gasteiger partial charge is 0.358 e. The van der Waals surface area contributed by atoms with Gasteiger partial charge in [-0.2, -0.15) is 0 Å². The van der Waals surface area contributed by atoms with Crippen LogP contribution in [0.5, 0.6) is 17.2 Å². The van der Waals surface area contributed by atoms with Crippen molar-refractivity contribution in [2.45, 2.75) is 26.8 Å². The lowest BCUT2D eigenvalue weighted by molar-refractivity contribution is 0.0517. The van der Waals surface area contributed by atoms with E-state index in [1.165, 1.54) is 38.5 Å². The van der Waals surface area contributed by atoms with Crippen LogP contribution in [0.1, 0.15) is 56.3 Å². The van der Waals surface area contributed by atoms with Crippen LogP contribution in [0.25, 0.3) is 6.08 Å². The zero-order valence-electron chi connectivity index (χ0n) is 18.5. The molecule has 0 aliphatic carbocycles. The molecule has 2 aromatic rings. The molecule has 0 saturated carbocycles. The molecule has 3 N–H and O–H groups in total. The van der Waals surface area contributed by atoms with Crippen LogP contribution in [-0.4, -0.2) is 54.5 Å². The van der Waals surface area contributed by atoms with Gasteiger partial charge >= 0.3 is 5.97 Å². The lowest BCUT2D eigenvalue weighted by Gasteiger charge is -2.11. The van der Waals surface area contributed by atoms with E-state index in [2.05, 4.69) is 4.98 Å². The van der Waals surface area contributed by atoms with Crippen LogP contribution in [0.15, 0.2) is 18.2 Å². The number of thiazole rings is 1. The van der Waals surface area contributed by atoms with Gasteiger partial charge in [0.2, 0.25) is 11.5 Å². The van der Waals surface area contributed by atoms with Crippen molar-refractivity contribution in [3.05, 3.63) is 39.4 Å². The molecule has 1 aromatic heterocycles. The average molecular weight is 463 g/mol. The number of hydrogen-bond donors (Lipinski definition) is 2. The highest BCUT2D eigenvalue weighted by Crippen LogP contribution is 2.37. The summed E-state index contributed by atoms with van der Waals surface area (Å²) in [5.41, 5.74) is 6.20. The maximum absolute atomic E-state index is 12.9. The van der Waals surface area contributed by atoms with Crippen LogP contribution >= 0.6 is 11.3 Å². The van der Waals surface area contributed by atoms with Crippen molar-refractivity contribution in [2.24, 2.45) is 11.7 Å². The molecule has 1 atom stereocenters. The van der Waals surface area contributed by atoms with E-state index in [0.717, 1.165) is 11.3 Å². The number of esters is 1. The Morgan fingerprint density at radius 2 is 1.78 bits per heavy atom. The molecule has 0 aliphatic heterocycles. The number of Topliss-reactive ketones (excluding diaryl/α,β-unsaturated/α-hetero) is 1. The number of hydrogen-bond acceptors (Lipinski definition) is 10. The maximum Gasteiger partial charge on any atom is 0.358 e. The first-order valence-electron chi connectivity index (χ1n) is 9.79. The fourth-order valence-corrected chi connectivity index (χ4v) is 3.59. The predicted molar refractivity (Wildman–Crippen MR) is 120 cm³/mol. The average Bonchev–Trinajstić information content (AvgIpc) is 3.22. The number of aromatic nitrogens is 1. The molecule has 10 heteroatoms. The van der Waals surface area contributed by atoms with Crippen LogP contribution in [0.4, 0.5) is 0 Å².